The molecule has 0 spiro atoms. The van der Waals surface area contributed by atoms with Crippen molar-refractivity contribution in [3.63, 3.8) is 0 Å². The van der Waals surface area contributed by atoms with Gasteiger partial charge in [-0.15, -0.1) is 11.6 Å². The van der Waals surface area contributed by atoms with Crippen LogP contribution in [0.2, 0.25) is 0 Å². The van der Waals surface area contributed by atoms with E-state index in [1.807, 2.05) is 39.0 Å². The van der Waals surface area contributed by atoms with Crippen molar-refractivity contribution in [2.24, 2.45) is 5.41 Å². The number of ether oxygens (including phenoxy) is 2. The van der Waals surface area contributed by atoms with Gasteiger partial charge < -0.3 is 14.8 Å². The van der Waals surface area contributed by atoms with Crippen molar-refractivity contribution in [1.82, 2.24) is 5.32 Å². The van der Waals surface area contributed by atoms with Gasteiger partial charge in [-0.1, -0.05) is 6.07 Å². The molecule has 5 heteroatoms. The van der Waals surface area contributed by atoms with Gasteiger partial charge in [-0.2, -0.15) is 0 Å². The maximum atomic E-state index is 12.1. The van der Waals surface area contributed by atoms with E-state index in [0.717, 1.165) is 17.1 Å². The van der Waals surface area contributed by atoms with Crippen LogP contribution >= 0.6 is 11.6 Å². The Morgan fingerprint density at radius 2 is 2.11 bits per heavy atom. The molecule has 0 bridgehead atoms. The minimum atomic E-state index is -0.577. The van der Waals surface area contributed by atoms with Crippen molar-refractivity contribution in [2.75, 3.05) is 12.7 Å². The number of carbonyl (C=O) groups is 1. The second-order valence-corrected chi connectivity index (χ2v) is 5.59. The predicted octanol–water partition coefficient (Wildman–Crippen LogP) is 2.86. The van der Waals surface area contributed by atoms with E-state index < -0.39 is 5.41 Å². The molecule has 0 radical (unpaired) electrons. The molecule has 1 atom stereocenters. The van der Waals surface area contributed by atoms with Crippen molar-refractivity contribution in [3.05, 3.63) is 23.8 Å². The van der Waals surface area contributed by atoms with Crippen molar-refractivity contribution in [1.29, 1.82) is 0 Å². The van der Waals surface area contributed by atoms with Crippen molar-refractivity contribution in [3.8, 4) is 11.5 Å². The molecule has 1 aliphatic heterocycles. The van der Waals surface area contributed by atoms with Gasteiger partial charge in [0.25, 0.3) is 0 Å². The van der Waals surface area contributed by atoms with Crippen LogP contribution in [-0.4, -0.2) is 18.6 Å². The molecule has 1 amide bonds. The Hall–Kier alpha value is -1.42. The number of rotatable bonds is 4. The van der Waals surface area contributed by atoms with Crippen LogP contribution < -0.4 is 14.8 Å². The number of fused-ring (bicyclic) bond motifs is 1. The Morgan fingerprint density at radius 1 is 1.42 bits per heavy atom. The summed E-state index contributed by atoms with van der Waals surface area (Å²) in [6.07, 6.45) is 0. The molecule has 1 aromatic carbocycles. The number of halogens is 1. The van der Waals surface area contributed by atoms with E-state index in [1.165, 1.54) is 0 Å². The molecule has 4 nitrogen and oxygen atoms in total. The van der Waals surface area contributed by atoms with Gasteiger partial charge in [0.15, 0.2) is 11.5 Å². The van der Waals surface area contributed by atoms with Gasteiger partial charge in [0.2, 0.25) is 12.7 Å². The number of benzene rings is 1. The highest BCUT2D eigenvalue weighted by atomic mass is 35.5. The zero-order chi connectivity index (χ0) is 14.0. The number of nitrogens with one attached hydrogen (secondary N) is 1. The van der Waals surface area contributed by atoms with E-state index in [9.17, 15) is 4.79 Å². The lowest BCUT2D eigenvalue weighted by Crippen LogP contribution is -2.39. The third kappa shape index (κ3) is 2.95. The molecule has 0 saturated heterocycles. The minimum Gasteiger partial charge on any atom is -0.454 e. The summed E-state index contributed by atoms with van der Waals surface area (Å²) in [6, 6.07) is 5.56. The smallest absolute Gasteiger partial charge is 0.231 e. The van der Waals surface area contributed by atoms with Gasteiger partial charge in [-0.05, 0) is 38.5 Å². The first-order valence-electron chi connectivity index (χ1n) is 6.20. The maximum absolute atomic E-state index is 12.1. The lowest BCUT2D eigenvalue weighted by atomic mass is 9.94. The minimum absolute atomic E-state index is 0.0623. The Balaban J connectivity index is 2.08. The molecule has 104 valence electrons. The number of hydrogen-bond donors (Lipinski definition) is 1. The standard InChI is InChI=1S/C14H18ClNO3/c1-9(16-13(17)14(2,3)7-15)10-4-5-11-12(6-10)19-8-18-11/h4-6,9H,7-8H2,1-3H3,(H,16,17). The van der Waals surface area contributed by atoms with Crippen molar-refractivity contribution in [2.45, 2.75) is 26.8 Å². The zero-order valence-electron chi connectivity index (χ0n) is 11.3. The van der Waals surface area contributed by atoms with Gasteiger partial charge >= 0.3 is 0 Å². The Labute approximate surface area is 118 Å². The van der Waals surface area contributed by atoms with Gasteiger partial charge in [-0.3, -0.25) is 4.79 Å². The fraction of sp³-hybridized carbons (Fsp3) is 0.500. The average molecular weight is 284 g/mol. The third-order valence-corrected chi connectivity index (χ3v) is 3.86. The van der Waals surface area contributed by atoms with Gasteiger partial charge in [0.05, 0.1) is 11.5 Å². The molecular formula is C14H18ClNO3. The molecule has 19 heavy (non-hydrogen) atoms. The van der Waals surface area contributed by atoms with E-state index in [-0.39, 0.29) is 24.6 Å². The lowest BCUT2D eigenvalue weighted by molar-refractivity contribution is -0.129. The number of amides is 1. The van der Waals surface area contributed by atoms with Gasteiger partial charge in [0, 0.05) is 5.88 Å². The molecule has 0 aliphatic carbocycles. The Kier molecular flexibility index (Phi) is 3.90. The summed E-state index contributed by atoms with van der Waals surface area (Å²) >= 11 is 5.80. The van der Waals surface area contributed by atoms with Crippen LogP contribution in [0.1, 0.15) is 32.4 Å². The van der Waals surface area contributed by atoms with E-state index in [2.05, 4.69) is 5.32 Å². The second-order valence-electron chi connectivity index (χ2n) is 5.33. The molecule has 0 saturated carbocycles. The van der Waals surface area contributed by atoms with Crippen LogP contribution in [0.4, 0.5) is 0 Å². The number of hydrogen-bond acceptors (Lipinski definition) is 3. The SMILES string of the molecule is CC(NC(=O)C(C)(C)CCl)c1ccc2c(c1)OCO2. The average Bonchev–Trinajstić information content (AvgIpc) is 2.85. The van der Waals surface area contributed by atoms with E-state index in [1.54, 1.807) is 0 Å². The first kappa shape index (κ1) is 14.0. The lowest BCUT2D eigenvalue weighted by Gasteiger charge is -2.24. The number of carbonyl (C=O) groups excluding carboxylic acids is 1. The normalized spacial score (nSPS) is 15.2. The van der Waals surface area contributed by atoms with Gasteiger partial charge in [-0.25, -0.2) is 0 Å². The van der Waals surface area contributed by atoms with E-state index in [4.69, 9.17) is 21.1 Å². The van der Waals surface area contributed by atoms with E-state index >= 15 is 0 Å². The van der Waals surface area contributed by atoms with Crippen molar-refractivity contribution >= 4 is 17.5 Å². The van der Waals surface area contributed by atoms with E-state index in [0.29, 0.717) is 0 Å². The zero-order valence-corrected chi connectivity index (χ0v) is 12.1. The van der Waals surface area contributed by atoms with Crippen LogP contribution in [0, 0.1) is 5.41 Å². The topological polar surface area (TPSA) is 47.6 Å². The predicted molar refractivity (Wildman–Crippen MR) is 73.6 cm³/mol. The quantitative estimate of drug-likeness (QED) is 0.865. The summed E-state index contributed by atoms with van der Waals surface area (Å²) in [4.78, 5) is 12.1. The molecule has 1 unspecified atom stereocenters. The third-order valence-electron chi connectivity index (χ3n) is 3.19. The monoisotopic (exact) mass is 283 g/mol. The molecule has 0 fully saturated rings. The largest absolute Gasteiger partial charge is 0.454 e. The van der Waals surface area contributed by atoms with Crippen LogP contribution in [0.15, 0.2) is 18.2 Å². The summed E-state index contributed by atoms with van der Waals surface area (Å²) in [7, 11) is 0. The first-order valence-corrected chi connectivity index (χ1v) is 6.74. The summed E-state index contributed by atoms with van der Waals surface area (Å²) in [5, 5.41) is 2.96. The molecule has 1 N–H and O–H groups in total. The highest BCUT2D eigenvalue weighted by molar-refractivity contribution is 6.19. The summed E-state index contributed by atoms with van der Waals surface area (Å²) in [6.45, 7) is 5.82. The van der Waals surface area contributed by atoms with Crippen molar-refractivity contribution < 1.29 is 14.3 Å². The fourth-order valence-corrected chi connectivity index (χ4v) is 1.84. The Bertz CT molecular complexity index is 488. The maximum Gasteiger partial charge on any atom is 0.231 e. The van der Waals surface area contributed by atoms with Crippen LogP contribution in [0.5, 0.6) is 11.5 Å². The molecular weight excluding hydrogens is 266 g/mol. The second kappa shape index (κ2) is 5.29. The number of alkyl halides is 1. The van der Waals surface area contributed by atoms with Crippen LogP contribution in [-0.2, 0) is 4.79 Å². The summed E-state index contributed by atoms with van der Waals surface area (Å²) in [5.41, 5.74) is 0.398. The molecule has 1 aromatic rings. The van der Waals surface area contributed by atoms with Crippen LogP contribution in [0.3, 0.4) is 0 Å². The first-order chi connectivity index (χ1) is 8.94. The summed E-state index contributed by atoms with van der Waals surface area (Å²) in [5.74, 6) is 1.68. The van der Waals surface area contributed by atoms with Gasteiger partial charge in [0.1, 0.15) is 0 Å². The van der Waals surface area contributed by atoms with Crippen LogP contribution in [0.25, 0.3) is 0 Å². The Morgan fingerprint density at radius 3 is 2.79 bits per heavy atom. The molecule has 0 aromatic heterocycles. The fourth-order valence-electron chi connectivity index (χ4n) is 1.72. The molecule has 2 rings (SSSR count). The summed E-state index contributed by atoms with van der Waals surface area (Å²) < 4.78 is 10.6. The highest BCUT2D eigenvalue weighted by Crippen LogP contribution is 2.34. The molecule has 1 aliphatic rings. The molecule has 1 heterocycles. The highest BCUT2D eigenvalue weighted by Gasteiger charge is 2.28.